The monoisotopic (exact) mass is 340 g/mol. The first kappa shape index (κ1) is 15.4. The molecule has 2 aliphatic rings. The number of anilines is 1. The van der Waals surface area contributed by atoms with Gasteiger partial charge in [0.25, 0.3) is 11.8 Å². The zero-order valence-electron chi connectivity index (χ0n) is 13.4. The van der Waals surface area contributed by atoms with Crippen LogP contribution in [-0.2, 0) is 12.8 Å². The van der Waals surface area contributed by atoms with Gasteiger partial charge >= 0.3 is 0 Å². The van der Waals surface area contributed by atoms with E-state index in [1.54, 1.807) is 35.6 Å². The Kier molecular flexibility index (Phi) is 4.10. The number of aryl methyl sites for hydroxylation is 1. The van der Waals surface area contributed by atoms with Crippen molar-refractivity contribution < 1.29 is 9.59 Å². The predicted molar refractivity (Wildman–Crippen MR) is 95.8 cm³/mol. The summed E-state index contributed by atoms with van der Waals surface area (Å²) >= 11 is 1.70. The van der Waals surface area contributed by atoms with Gasteiger partial charge in [-0.1, -0.05) is 0 Å². The Morgan fingerprint density at radius 2 is 1.75 bits per heavy atom. The van der Waals surface area contributed by atoms with E-state index in [-0.39, 0.29) is 11.8 Å². The van der Waals surface area contributed by atoms with Crippen molar-refractivity contribution in [3.63, 3.8) is 0 Å². The molecule has 0 bridgehead atoms. The third-order valence-electron chi connectivity index (χ3n) is 4.62. The highest BCUT2D eigenvalue weighted by Crippen LogP contribution is 2.30. The molecule has 0 spiro atoms. The number of rotatable bonds is 4. The Bertz CT molecular complexity index is 775. The maximum atomic E-state index is 12.5. The van der Waals surface area contributed by atoms with Crippen LogP contribution in [0.2, 0.25) is 0 Å². The average molecular weight is 340 g/mol. The molecule has 2 amide bonds. The van der Waals surface area contributed by atoms with Gasteiger partial charge in [-0.05, 0) is 68.4 Å². The van der Waals surface area contributed by atoms with Gasteiger partial charge in [-0.3, -0.25) is 9.59 Å². The maximum absolute atomic E-state index is 12.5. The summed E-state index contributed by atoms with van der Waals surface area (Å²) in [6.07, 6.45) is 6.63. The van der Waals surface area contributed by atoms with Crippen molar-refractivity contribution in [1.29, 1.82) is 0 Å². The molecule has 1 fully saturated rings. The second-order valence-electron chi connectivity index (χ2n) is 6.54. The van der Waals surface area contributed by atoms with Gasteiger partial charge in [-0.15, -0.1) is 11.3 Å². The van der Waals surface area contributed by atoms with E-state index in [2.05, 4.69) is 10.6 Å². The molecule has 2 aliphatic carbocycles. The van der Waals surface area contributed by atoms with E-state index in [1.165, 1.54) is 16.9 Å². The fourth-order valence-electron chi connectivity index (χ4n) is 3.08. The van der Waals surface area contributed by atoms with Crippen molar-refractivity contribution in [3.05, 3.63) is 51.2 Å². The van der Waals surface area contributed by atoms with E-state index >= 15 is 0 Å². The molecule has 0 aliphatic heterocycles. The second kappa shape index (κ2) is 6.40. The summed E-state index contributed by atoms with van der Waals surface area (Å²) < 4.78 is 0. The number of hydrogen-bond donors (Lipinski definition) is 2. The normalized spacial score (nSPS) is 16.3. The van der Waals surface area contributed by atoms with Crippen LogP contribution >= 0.6 is 11.3 Å². The fourth-order valence-corrected chi connectivity index (χ4v) is 4.21. The molecule has 124 valence electrons. The molecule has 2 N–H and O–H groups in total. The van der Waals surface area contributed by atoms with Crippen molar-refractivity contribution in [2.24, 2.45) is 0 Å². The summed E-state index contributed by atoms with van der Waals surface area (Å²) in [6.45, 7) is 0. The van der Waals surface area contributed by atoms with E-state index in [0.717, 1.165) is 43.4 Å². The first-order valence-corrected chi connectivity index (χ1v) is 9.40. The third-order valence-corrected chi connectivity index (χ3v) is 5.71. The Morgan fingerprint density at radius 3 is 2.50 bits per heavy atom. The number of fused-ring (bicyclic) bond motifs is 1. The summed E-state index contributed by atoms with van der Waals surface area (Å²) in [5.41, 5.74) is 3.39. The third kappa shape index (κ3) is 3.22. The van der Waals surface area contributed by atoms with E-state index in [1.807, 2.05) is 5.38 Å². The molecule has 4 nitrogen and oxygen atoms in total. The first-order chi connectivity index (χ1) is 11.7. The number of carbonyl (C=O) groups excluding carboxylic acids is 2. The molecule has 1 saturated carbocycles. The fraction of sp³-hybridized carbons (Fsp3) is 0.368. The van der Waals surface area contributed by atoms with Gasteiger partial charge in [-0.25, -0.2) is 0 Å². The molecular weight excluding hydrogens is 320 g/mol. The van der Waals surface area contributed by atoms with Gasteiger partial charge < -0.3 is 10.6 Å². The van der Waals surface area contributed by atoms with Crippen LogP contribution in [0.1, 0.15) is 56.8 Å². The summed E-state index contributed by atoms with van der Waals surface area (Å²) in [5.74, 6) is -0.0909. The topological polar surface area (TPSA) is 58.2 Å². The lowest BCUT2D eigenvalue weighted by atomic mass is 9.95. The molecule has 1 aromatic carbocycles. The summed E-state index contributed by atoms with van der Waals surface area (Å²) in [4.78, 5) is 25.9. The standard InChI is InChI=1S/C19H20N2O2S/c22-18(20-14-9-10-14)12-5-7-13(8-6-12)21-19(23)16-11-24-17-4-2-1-3-15(16)17/h5-8,11,14H,1-4,9-10H2,(H,20,22)(H,21,23). The van der Waals surface area contributed by atoms with E-state index in [0.29, 0.717) is 11.6 Å². The molecule has 1 aromatic heterocycles. The average Bonchev–Trinajstić information content (AvgIpc) is 3.30. The second-order valence-corrected chi connectivity index (χ2v) is 7.50. The number of hydrogen-bond acceptors (Lipinski definition) is 3. The van der Waals surface area contributed by atoms with Crippen LogP contribution in [0.4, 0.5) is 5.69 Å². The Morgan fingerprint density at radius 1 is 1.00 bits per heavy atom. The smallest absolute Gasteiger partial charge is 0.256 e. The molecule has 0 radical (unpaired) electrons. The molecule has 0 unspecified atom stereocenters. The van der Waals surface area contributed by atoms with Crippen LogP contribution in [0.3, 0.4) is 0 Å². The molecule has 0 atom stereocenters. The van der Waals surface area contributed by atoms with Gasteiger partial charge in [0, 0.05) is 27.5 Å². The Hall–Kier alpha value is -2.14. The van der Waals surface area contributed by atoms with Crippen molar-refractivity contribution in [2.75, 3.05) is 5.32 Å². The van der Waals surface area contributed by atoms with E-state index in [9.17, 15) is 9.59 Å². The van der Waals surface area contributed by atoms with Crippen molar-refractivity contribution >= 4 is 28.8 Å². The summed E-state index contributed by atoms with van der Waals surface area (Å²) in [6, 6.07) is 7.45. The minimum Gasteiger partial charge on any atom is -0.349 e. The summed E-state index contributed by atoms with van der Waals surface area (Å²) in [7, 11) is 0. The number of carbonyl (C=O) groups is 2. The highest BCUT2D eigenvalue weighted by molar-refractivity contribution is 7.10. The highest BCUT2D eigenvalue weighted by atomic mass is 32.1. The van der Waals surface area contributed by atoms with Gasteiger partial charge in [-0.2, -0.15) is 0 Å². The van der Waals surface area contributed by atoms with Gasteiger partial charge in [0.05, 0.1) is 5.56 Å². The Balaban J connectivity index is 1.44. The molecular formula is C19H20N2O2S. The van der Waals surface area contributed by atoms with Crippen LogP contribution in [0.15, 0.2) is 29.6 Å². The molecule has 24 heavy (non-hydrogen) atoms. The predicted octanol–water partition coefficient (Wildman–Crippen LogP) is 3.77. The quantitative estimate of drug-likeness (QED) is 0.890. The maximum Gasteiger partial charge on any atom is 0.256 e. The first-order valence-electron chi connectivity index (χ1n) is 8.52. The van der Waals surface area contributed by atoms with Crippen LogP contribution in [0.5, 0.6) is 0 Å². The van der Waals surface area contributed by atoms with E-state index in [4.69, 9.17) is 0 Å². The number of nitrogens with one attached hydrogen (secondary N) is 2. The minimum absolute atomic E-state index is 0.0396. The molecule has 5 heteroatoms. The van der Waals surface area contributed by atoms with Gasteiger partial charge in [0.1, 0.15) is 0 Å². The zero-order valence-corrected chi connectivity index (χ0v) is 14.2. The van der Waals surface area contributed by atoms with Gasteiger partial charge in [0.15, 0.2) is 0 Å². The number of thiophene rings is 1. The summed E-state index contributed by atoms with van der Waals surface area (Å²) in [5, 5.41) is 7.89. The highest BCUT2D eigenvalue weighted by Gasteiger charge is 2.24. The van der Waals surface area contributed by atoms with Crippen molar-refractivity contribution in [3.8, 4) is 0 Å². The van der Waals surface area contributed by atoms with Crippen molar-refractivity contribution in [2.45, 2.75) is 44.6 Å². The van der Waals surface area contributed by atoms with Crippen LogP contribution in [0.25, 0.3) is 0 Å². The minimum atomic E-state index is -0.0513. The lowest BCUT2D eigenvalue weighted by molar-refractivity contribution is 0.0950. The largest absolute Gasteiger partial charge is 0.349 e. The number of amides is 2. The van der Waals surface area contributed by atoms with Crippen LogP contribution in [-0.4, -0.2) is 17.9 Å². The zero-order chi connectivity index (χ0) is 16.5. The number of benzene rings is 1. The molecule has 4 rings (SSSR count). The lowest BCUT2D eigenvalue weighted by Gasteiger charge is -2.13. The molecule has 0 saturated heterocycles. The van der Waals surface area contributed by atoms with E-state index < -0.39 is 0 Å². The van der Waals surface area contributed by atoms with Crippen LogP contribution < -0.4 is 10.6 Å². The Labute approximate surface area is 145 Å². The van der Waals surface area contributed by atoms with Crippen LogP contribution in [0, 0.1) is 0 Å². The molecule has 1 heterocycles. The van der Waals surface area contributed by atoms with Crippen molar-refractivity contribution in [1.82, 2.24) is 5.32 Å². The lowest BCUT2D eigenvalue weighted by Crippen LogP contribution is -2.25. The van der Waals surface area contributed by atoms with Gasteiger partial charge in [0.2, 0.25) is 0 Å². The molecule has 2 aromatic rings. The SMILES string of the molecule is O=C(NC1CC1)c1ccc(NC(=O)c2csc3c2CCCC3)cc1.